The zero-order valence-electron chi connectivity index (χ0n) is 11.1. The smallest absolute Gasteiger partial charge is 0.315 e. The molecule has 0 bridgehead atoms. The highest BCUT2D eigenvalue weighted by Gasteiger charge is 2.23. The largest absolute Gasteiger partial charge is 0.500 e. The monoisotopic (exact) mass is 281 g/mol. The van der Waals surface area contributed by atoms with Crippen molar-refractivity contribution in [2.24, 2.45) is 0 Å². The highest BCUT2D eigenvalue weighted by molar-refractivity contribution is 5.58. The molecule has 0 amide bonds. The molecule has 8 nitrogen and oxygen atoms in total. The molecule has 0 aromatic heterocycles. The molecule has 20 heavy (non-hydrogen) atoms. The number of aromatic hydroxyl groups is 1. The van der Waals surface area contributed by atoms with Crippen molar-refractivity contribution in [3.05, 3.63) is 27.8 Å². The molecule has 0 radical (unpaired) electrons. The van der Waals surface area contributed by atoms with Crippen LogP contribution in [0, 0.1) is 21.4 Å². The molecule has 0 saturated carbocycles. The van der Waals surface area contributed by atoms with Gasteiger partial charge in [0.2, 0.25) is 5.75 Å². The number of hydrogen-bond donors (Lipinski definition) is 2. The number of ether oxygens (including phenoxy) is 2. The summed E-state index contributed by atoms with van der Waals surface area (Å²) in [6, 6.07) is 3.75. The average Bonchev–Trinajstić information content (AvgIpc) is 2.44. The van der Waals surface area contributed by atoms with Gasteiger partial charge in [-0.2, -0.15) is 5.26 Å². The van der Waals surface area contributed by atoms with Crippen molar-refractivity contribution < 1.29 is 19.5 Å². The quantitative estimate of drug-likeness (QED) is 0.436. The highest BCUT2D eigenvalue weighted by Crippen LogP contribution is 2.38. The Bertz CT molecular complexity index is 527. The summed E-state index contributed by atoms with van der Waals surface area (Å²) in [5.41, 5.74) is -0.168. The predicted molar refractivity (Wildman–Crippen MR) is 69.5 cm³/mol. The summed E-state index contributed by atoms with van der Waals surface area (Å²) in [5.74, 6) is -0.613. The van der Waals surface area contributed by atoms with Crippen molar-refractivity contribution in [1.29, 1.82) is 5.26 Å². The minimum absolute atomic E-state index is 0.0528. The van der Waals surface area contributed by atoms with Crippen LogP contribution >= 0.6 is 0 Å². The van der Waals surface area contributed by atoms with Gasteiger partial charge in [-0.1, -0.05) is 0 Å². The molecule has 0 aliphatic carbocycles. The molecule has 0 aliphatic heterocycles. The number of benzene rings is 1. The fourth-order valence-corrected chi connectivity index (χ4v) is 1.62. The fourth-order valence-electron chi connectivity index (χ4n) is 1.62. The number of methoxy groups -OCH3 is 2. The number of rotatable bonds is 7. The van der Waals surface area contributed by atoms with E-state index in [0.29, 0.717) is 18.7 Å². The van der Waals surface area contributed by atoms with Crippen LogP contribution in [0.25, 0.3) is 0 Å². The normalized spacial score (nSPS) is 11.7. The molecule has 1 atom stereocenters. The Morgan fingerprint density at radius 3 is 2.75 bits per heavy atom. The van der Waals surface area contributed by atoms with E-state index in [1.54, 1.807) is 0 Å². The van der Waals surface area contributed by atoms with Crippen LogP contribution in [0.4, 0.5) is 5.69 Å². The third kappa shape index (κ3) is 3.57. The summed E-state index contributed by atoms with van der Waals surface area (Å²) < 4.78 is 9.73. The summed E-state index contributed by atoms with van der Waals surface area (Å²) in [6.07, 6.45) is 0. The van der Waals surface area contributed by atoms with Gasteiger partial charge in [-0.3, -0.25) is 15.4 Å². The maximum Gasteiger partial charge on any atom is 0.315 e. The van der Waals surface area contributed by atoms with E-state index in [-0.39, 0.29) is 5.75 Å². The van der Waals surface area contributed by atoms with Crippen molar-refractivity contribution in [3.8, 4) is 17.6 Å². The molecule has 2 N–H and O–H groups in total. The Kier molecular flexibility index (Phi) is 5.71. The number of nitro groups is 1. The molecule has 0 heterocycles. The molecule has 0 aliphatic rings. The molecule has 1 aromatic carbocycles. The van der Waals surface area contributed by atoms with Gasteiger partial charge in [0.15, 0.2) is 5.75 Å². The first-order valence-electron chi connectivity index (χ1n) is 5.72. The first-order valence-corrected chi connectivity index (χ1v) is 5.72. The van der Waals surface area contributed by atoms with Crippen molar-refractivity contribution >= 4 is 5.69 Å². The van der Waals surface area contributed by atoms with E-state index in [2.05, 4.69) is 5.32 Å². The second kappa shape index (κ2) is 7.28. The van der Waals surface area contributed by atoms with Gasteiger partial charge in [0.1, 0.15) is 6.04 Å². The Morgan fingerprint density at radius 1 is 1.55 bits per heavy atom. The van der Waals surface area contributed by atoms with Crippen LogP contribution in [-0.2, 0) is 4.74 Å². The standard InChI is InChI=1S/C12H15N3O5/c1-19-4-3-14-9(7-13)8-5-10(15(17)18)12(16)11(6-8)20-2/h5-6,9,14,16H,3-4H2,1-2H3. The fraction of sp³-hybridized carbons (Fsp3) is 0.417. The van der Waals surface area contributed by atoms with E-state index < -0.39 is 22.4 Å². The lowest BCUT2D eigenvalue weighted by atomic mass is 10.1. The van der Waals surface area contributed by atoms with Crippen LogP contribution < -0.4 is 10.1 Å². The minimum Gasteiger partial charge on any atom is -0.500 e. The van der Waals surface area contributed by atoms with E-state index in [4.69, 9.17) is 14.7 Å². The first-order chi connectivity index (χ1) is 9.54. The van der Waals surface area contributed by atoms with Crippen LogP contribution in [0.2, 0.25) is 0 Å². The molecule has 0 fully saturated rings. The lowest BCUT2D eigenvalue weighted by molar-refractivity contribution is -0.386. The number of phenolic OH excluding ortho intramolecular Hbond substituents is 1. The Labute approximate surface area is 115 Å². The average molecular weight is 281 g/mol. The number of nitrogens with one attached hydrogen (secondary N) is 1. The van der Waals surface area contributed by atoms with Gasteiger partial charge in [-0.25, -0.2) is 0 Å². The van der Waals surface area contributed by atoms with Gasteiger partial charge in [-0.15, -0.1) is 0 Å². The summed E-state index contributed by atoms with van der Waals surface area (Å²) in [7, 11) is 2.81. The van der Waals surface area contributed by atoms with E-state index in [1.165, 1.54) is 20.3 Å². The Hall–Kier alpha value is -2.37. The van der Waals surface area contributed by atoms with Crippen molar-refractivity contribution in [2.45, 2.75) is 6.04 Å². The van der Waals surface area contributed by atoms with E-state index >= 15 is 0 Å². The van der Waals surface area contributed by atoms with Crippen molar-refractivity contribution in [1.82, 2.24) is 5.32 Å². The van der Waals surface area contributed by atoms with Gasteiger partial charge in [0, 0.05) is 19.7 Å². The Balaban J connectivity index is 3.13. The molecular formula is C12H15N3O5. The maximum absolute atomic E-state index is 10.9. The molecule has 0 saturated heterocycles. The lowest BCUT2D eigenvalue weighted by Gasteiger charge is -2.13. The van der Waals surface area contributed by atoms with Crippen LogP contribution in [0.1, 0.15) is 11.6 Å². The van der Waals surface area contributed by atoms with E-state index in [9.17, 15) is 15.2 Å². The Morgan fingerprint density at radius 2 is 2.25 bits per heavy atom. The summed E-state index contributed by atoms with van der Waals surface area (Å²) in [4.78, 5) is 10.1. The topological polar surface area (TPSA) is 118 Å². The predicted octanol–water partition coefficient (Wildman–Crippen LogP) is 1.11. The molecule has 0 spiro atoms. The van der Waals surface area contributed by atoms with Crippen LogP contribution in [0.15, 0.2) is 12.1 Å². The van der Waals surface area contributed by atoms with Crippen LogP contribution in [0.3, 0.4) is 0 Å². The molecular weight excluding hydrogens is 266 g/mol. The summed E-state index contributed by atoms with van der Waals surface area (Å²) >= 11 is 0. The minimum atomic E-state index is -0.765. The zero-order chi connectivity index (χ0) is 15.1. The van der Waals surface area contributed by atoms with Gasteiger partial charge in [-0.05, 0) is 11.6 Å². The highest BCUT2D eigenvalue weighted by atomic mass is 16.6. The number of nitrogens with zero attached hydrogens (tertiary/aromatic N) is 2. The molecule has 1 unspecified atom stereocenters. The molecule has 1 rings (SSSR count). The van der Waals surface area contributed by atoms with Gasteiger partial charge < -0.3 is 14.6 Å². The second-order valence-corrected chi connectivity index (χ2v) is 3.86. The van der Waals surface area contributed by atoms with Crippen LogP contribution in [-0.4, -0.2) is 37.4 Å². The molecule has 1 aromatic rings. The molecule has 8 heteroatoms. The second-order valence-electron chi connectivity index (χ2n) is 3.86. The third-order valence-corrected chi connectivity index (χ3v) is 2.61. The van der Waals surface area contributed by atoms with E-state index in [0.717, 1.165) is 6.07 Å². The molecule has 108 valence electrons. The number of nitriles is 1. The van der Waals surface area contributed by atoms with Gasteiger partial charge in [0.05, 0.1) is 24.7 Å². The number of hydrogen-bond acceptors (Lipinski definition) is 7. The zero-order valence-corrected chi connectivity index (χ0v) is 11.1. The SMILES string of the molecule is COCCNC(C#N)c1cc(OC)c(O)c([N+](=O)[O-])c1. The maximum atomic E-state index is 10.9. The number of phenols is 1. The summed E-state index contributed by atoms with van der Waals surface area (Å²) in [5, 5.41) is 32.5. The lowest BCUT2D eigenvalue weighted by Crippen LogP contribution is -2.24. The van der Waals surface area contributed by atoms with Gasteiger partial charge in [0.25, 0.3) is 0 Å². The van der Waals surface area contributed by atoms with E-state index in [1.807, 2.05) is 6.07 Å². The number of nitro benzene ring substituents is 1. The van der Waals surface area contributed by atoms with Crippen molar-refractivity contribution in [2.75, 3.05) is 27.4 Å². The summed E-state index contributed by atoms with van der Waals surface area (Å²) in [6.45, 7) is 0.807. The third-order valence-electron chi connectivity index (χ3n) is 2.61. The van der Waals surface area contributed by atoms with Crippen LogP contribution in [0.5, 0.6) is 11.5 Å². The van der Waals surface area contributed by atoms with Gasteiger partial charge >= 0.3 is 5.69 Å². The van der Waals surface area contributed by atoms with Crippen molar-refractivity contribution in [3.63, 3.8) is 0 Å². The first kappa shape index (κ1) is 15.7.